The molecule has 0 radical (unpaired) electrons. The fourth-order valence-corrected chi connectivity index (χ4v) is 2.88. The maximum absolute atomic E-state index is 13.1. The standard InChI is InChI=1S/C17H23F2N5O/c1-11-8-12(2)23(21-11)7-3-6-20-16(25)10-24-15(17(18)19)9-14(22-24)13-4-5-13/h8-9,13,17H,3-7,10H2,1-2H3,(H,20,25). The topological polar surface area (TPSA) is 64.7 Å². The number of hydrogen-bond donors (Lipinski definition) is 1. The van der Waals surface area contributed by atoms with E-state index in [1.807, 2.05) is 24.6 Å². The number of rotatable bonds is 8. The molecule has 2 aromatic rings. The molecule has 0 unspecified atom stereocenters. The summed E-state index contributed by atoms with van der Waals surface area (Å²) in [6.07, 6.45) is 0.0666. The molecule has 1 saturated carbocycles. The second kappa shape index (κ2) is 7.33. The van der Waals surface area contributed by atoms with Crippen LogP contribution in [0.2, 0.25) is 0 Å². The number of halogens is 2. The molecule has 3 rings (SSSR count). The van der Waals surface area contributed by atoms with E-state index >= 15 is 0 Å². The summed E-state index contributed by atoms with van der Waals surface area (Å²) in [5, 5.41) is 11.3. The van der Waals surface area contributed by atoms with E-state index < -0.39 is 6.43 Å². The molecule has 6 nitrogen and oxygen atoms in total. The molecule has 2 heterocycles. The van der Waals surface area contributed by atoms with Crippen LogP contribution in [0.3, 0.4) is 0 Å². The minimum Gasteiger partial charge on any atom is -0.354 e. The third-order valence-corrected chi connectivity index (χ3v) is 4.31. The summed E-state index contributed by atoms with van der Waals surface area (Å²) in [7, 11) is 0. The van der Waals surface area contributed by atoms with Crippen molar-refractivity contribution in [1.29, 1.82) is 0 Å². The number of nitrogens with zero attached hydrogens (tertiary/aromatic N) is 4. The molecule has 25 heavy (non-hydrogen) atoms. The van der Waals surface area contributed by atoms with Gasteiger partial charge in [0.25, 0.3) is 6.43 Å². The van der Waals surface area contributed by atoms with Gasteiger partial charge < -0.3 is 5.32 Å². The average molecular weight is 351 g/mol. The second-order valence-corrected chi connectivity index (χ2v) is 6.58. The van der Waals surface area contributed by atoms with Gasteiger partial charge in [0, 0.05) is 24.7 Å². The lowest BCUT2D eigenvalue weighted by Crippen LogP contribution is -2.30. The highest BCUT2D eigenvalue weighted by Gasteiger charge is 2.29. The van der Waals surface area contributed by atoms with E-state index in [1.165, 1.54) is 6.07 Å². The first kappa shape index (κ1) is 17.6. The van der Waals surface area contributed by atoms with Gasteiger partial charge in [-0.05, 0) is 45.2 Å². The Morgan fingerprint density at radius 2 is 2.04 bits per heavy atom. The SMILES string of the molecule is Cc1cc(C)n(CCCNC(=O)Cn2nc(C3CC3)cc2C(F)F)n1. The number of carbonyl (C=O) groups excluding carboxylic acids is 1. The minimum absolute atomic E-state index is 0.174. The number of amides is 1. The first-order valence-electron chi connectivity index (χ1n) is 8.57. The van der Waals surface area contributed by atoms with Gasteiger partial charge in [0.1, 0.15) is 12.2 Å². The van der Waals surface area contributed by atoms with Crippen molar-refractivity contribution >= 4 is 5.91 Å². The van der Waals surface area contributed by atoms with Crippen molar-refractivity contribution in [2.24, 2.45) is 0 Å². The lowest BCUT2D eigenvalue weighted by molar-refractivity contribution is -0.121. The van der Waals surface area contributed by atoms with Gasteiger partial charge in [-0.15, -0.1) is 0 Å². The molecule has 0 spiro atoms. The molecular weight excluding hydrogens is 328 g/mol. The van der Waals surface area contributed by atoms with Crippen molar-refractivity contribution < 1.29 is 13.6 Å². The molecule has 0 bridgehead atoms. The number of carbonyl (C=O) groups is 1. The summed E-state index contributed by atoms with van der Waals surface area (Å²) >= 11 is 0. The predicted octanol–water partition coefficient (Wildman–Crippen LogP) is 2.72. The van der Waals surface area contributed by atoms with Crippen molar-refractivity contribution in [3.8, 4) is 0 Å². The van der Waals surface area contributed by atoms with Gasteiger partial charge in [0.2, 0.25) is 5.91 Å². The Kier molecular flexibility index (Phi) is 5.15. The predicted molar refractivity (Wildman–Crippen MR) is 88.5 cm³/mol. The van der Waals surface area contributed by atoms with Gasteiger partial charge in [-0.1, -0.05) is 0 Å². The Morgan fingerprint density at radius 1 is 1.28 bits per heavy atom. The Hall–Kier alpha value is -2.25. The molecule has 1 fully saturated rings. The molecule has 8 heteroatoms. The van der Waals surface area contributed by atoms with Crippen molar-refractivity contribution in [2.45, 2.75) is 58.5 Å². The molecule has 136 valence electrons. The van der Waals surface area contributed by atoms with Crippen LogP contribution in [0.1, 0.15) is 54.4 Å². The van der Waals surface area contributed by atoms with Gasteiger partial charge in [-0.25, -0.2) is 8.78 Å². The molecule has 0 saturated heterocycles. The van der Waals surface area contributed by atoms with E-state index in [2.05, 4.69) is 15.5 Å². The van der Waals surface area contributed by atoms with Crippen molar-refractivity contribution in [3.05, 3.63) is 34.9 Å². The molecular formula is C17H23F2N5O. The van der Waals surface area contributed by atoms with Crippen molar-refractivity contribution in [1.82, 2.24) is 24.9 Å². The van der Waals surface area contributed by atoms with Gasteiger partial charge in [-0.2, -0.15) is 10.2 Å². The summed E-state index contributed by atoms with van der Waals surface area (Å²) in [6, 6.07) is 3.43. The summed E-state index contributed by atoms with van der Waals surface area (Å²) in [6.45, 7) is 4.92. The monoisotopic (exact) mass is 351 g/mol. The van der Waals surface area contributed by atoms with Crippen LogP contribution in [0, 0.1) is 13.8 Å². The van der Waals surface area contributed by atoms with E-state index in [0.29, 0.717) is 18.8 Å². The second-order valence-electron chi connectivity index (χ2n) is 6.58. The van der Waals surface area contributed by atoms with E-state index in [0.717, 1.165) is 35.3 Å². The lowest BCUT2D eigenvalue weighted by Gasteiger charge is -2.09. The van der Waals surface area contributed by atoms with Crippen LogP contribution in [0.4, 0.5) is 8.78 Å². The van der Waals surface area contributed by atoms with Gasteiger partial charge in [0.15, 0.2) is 0 Å². The maximum Gasteiger partial charge on any atom is 0.280 e. The Labute approximate surface area is 145 Å². The van der Waals surface area contributed by atoms with Crippen LogP contribution < -0.4 is 5.32 Å². The zero-order valence-electron chi connectivity index (χ0n) is 14.5. The van der Waals surface area contributed by atoms with E-state index in [-0.39, 0.29) is 24.1 Å². The van der Waals surface area contributed by atoms with Crippen LogP contribution in [-0.4, -0.2) is 32.0 Å². The number of alkyl halides is 2. The van der Waals surface area contributed by atoms with Crippen LogP contribution in [0.5, 0.6) is 0 Å². The zero-order valence-corrected chi connectivity index (χ0v) is 14.5. The molecule has 1 amide bonds. The Bertz CT molecular complexity index is 748. The van der Waals surface area contributed by atoms with Gasteiger partial charge in [0.05, 0.1) is 11.4 Å². The van der Waals surface area contributed by atoms with Crippen LogP contribution in [0.15, 0.2) is 12.1 Å². The number of aryl methyl sites for hydroxylation is 3. The van der Waals surface area contributed by atoms with Gasteiger partial charge in [-0.3, -0.25) is 14.2 Å². The normalized spacial score (nSPS) is 14.3. The summed E-state index contributed by atoms with van der Waals surface area (Å²) in [5.74, 6) is -0.0247. The van der Waals surface area contributed by atoms with Crippen LogP contribution in [0.25, 0.3) is 0 Å². The van der Waals surface area contributed by atoms with E-state index in [4.69, 9.17) is 0 Å². The maximum atomic E-state index is 13.1. The molecule has 0 aliphatic heterocycles. The Morgan fingerprint density at radius 3 is 2.64 bits per heavy atom. The van der Waals surface area contributed by atoms with Crippen LogP contribution >= 0.6 is 0 Å². The van der Waals surface area contributed by atoms with E-state index in [1.54, 1.807) is 0 Å². The fourth-order valence-electron chi connectivity index (χ4n) is 2.88. The first-order valence-corrected chi connectivity index (χ1v) is 8.57. The fraction of sp³-hybridized carbons (Fsp3) is 0.588. The third kappa shape index (κ3) is 4.43. The molecule has 1 aliphatic carbocycles. The molecule has 2 aromatic heterocycles. The quantitative estimate of drug-likeness (QED) is 0.744. The summed E-state index contributed by atoms with van der Waals surface area (Å²) < 4.78 is 29.2. The van der Waals surface area contributed by atoms with Crippen LogP contribution in [-0.2, 0) is 17.9 Å². The zero-order chi connectivity index (χ0) is 18.0. The summed E-state index contributed by atoms with van der Waals surface area (Å²) in [5.41, 5.74) is 2.54. The third-order valence-electron chi connectivity index (χ3n) is 4.31. The van der Waals surface area contributed by atoms with E-state index in [9.17, 15) is 13.6 Å². The number of hydrogen-bond acceptors (Lipinski definition) is 3. The van der Waals surface area contributed by atoms with Crippen molar-refractivity contribution in [2.75, 3.05) is 6.54 Å². The minimum atomic E-state index is -2.63. The number of aromatic nitrogens is 4. The average Bonchev–Trinajstić information content (AvgIpc) is 3.23. The Balaban J connectivity index is 1.48. The van der Waals surface area contributed by atoms with Gasteiger partial charge >= 0.3 is 0 Å². The molecule has 1 aliphatic rings. The molecule has 0 aromatic carbocycles. The first-order chi connectivity index (χ1) is 11.9. The highest BCUT2D eigenvalue weighted by molar-refractivity contribution is 5.75. The highest BCUT2D eigenvalue weighted by atomic mass is 19.3. The smallest absolute Gasteiger partial charge is 0.280 e. The lowest BCUT2D eigenvalue weighted by atomic mass is 10.3. The molecule has 1 N–H and O–H groups in total. The van der Waals surface area contributed by atoms with Crippen molar-refractivity contribution in [3.63, 3.8) is 0 Å². The largest absolute Gasteiger partial charge is 0.354 e. The molecule has 0 atom stereocenters. The number of nitrogens with one attached hydrogen (secondary N) is 1. The highest BCUT2D eigenvalue weighted by Crippen LogP contribution is 2.40. The summed E-state index contributed by atoms with van der Waals surface area (Å²) in [4.78, 5) is 12.0.